The first-order valence-corrected chi connectivity index (χ1v) is 8.54. The SMILES string of the molecule is CCc1nnc(Nc2ccc(CNC(=O)OC(C)C)cc2)nc1CC. The van der Waals surface area contributed by atoms with E-state index in [1.165, 1.54) is 0 Å². The molecule has 0 aliphatic rings. The second kappa shape index (κ2) is 8.96. The van der Waals surface area contributed by atoms with Gasteiger partial charge in [0.05, 0.1) is 17.5 Å². The number of carbonyl (C=O) groups is 1. The number of hydrogen-bond acceptors (Lipinski definition) is 6. The molecule has 0 spiro atoms. The van der Waals surface area contributed by atoms with Crippen LogP contribution in [-0.2, 0) is 24.1 Å². The number of aryl methyl sites for hydroxylation is 2. The molecule has 0 saturated heterocycles. The summed E-state index contributed by atoms with van der Waals surface area (Å²) in [5.74, 6) is 0.487. The van der Waals surface area contributed by atoms with E-state index >= 15 is 0 Å². The standard InChI is InChI=1S/C18H25N5O2/c1-5-15-16(6-2)22-23-17(21-15)20-14-9-7-13(8-10-14)11-19-18(24)25-12(3)4/h7-10,12H,5-6,11H2,1-4H3,(H,19,24)(H,20,21,23). The first-order chi connectivity index (χ1) is 12.0. The van der Waals surface area contributed by atoms with Crippen LogP contribution in [-0.4, -0.2) is 27.4 Å². The molecule has 0 aliphatic carbocycles. The molecule has 7 nitrogen and oxygen atoms in total. The summed E-state index contributed by atoms with van der Waals surface area (Å²) < 4.78 is 5.03. The van der Waals surface area contributed by atoms with Crippen LogP contribution in [0.1, 0.15) is 44.6 Å². The van der Waals surface area contributed by atoms with E-state index in [0.29, 0.717) is 12.5 Å². The smallest absolute Gasteiger partial charge is 0.407 e. The van der Waals surface area contributed by atoms with Crippen molar-refractivity contribution >= 4 is 17.7 Å². The largest absolute Gasteiger partial charge is 0.447 e. The Labute approximate surface area is 148 Å². The first kappa shape index (κ1) is 18.6. The molecule has 0 aliphatic heterocycles. The van der Waals surface area contributed by atoms with Crippen LogP contribution in [0.15, 0.2) is 24.3 Å². The van der Waals surface area contributed by atoms with Gasteiger partial charge in [0, 0.05) is 12.2 Å². The molecule has 2 N–H and O–H groups in total. The van der Waals surface area contributed by atoms with Crippen LogP contribution < -0.4 is 10.6 Å². The molecule has 1 heterocycles. The predicted octanol–water partition coefficient (Wildman–Crippen LogP) is 3.37. The third-order valence-corrected chi connectivity index (χ3v) is 3.50. The lowest BCUT2D eigenvalue weighted by Crippen LogP contribution is -2.26. The molecule has 7 heteroatoms. The summed E-state index contributed by atoms with van der Waals surface area (Å²) in [6.45, 7) is 8.14. The molecule has 0 fully saturated rings. The first-order valence-electron chi connectivity index (χ1n) is 8.54. The second-order valence-electron chi connectivity index (χ2n) is 5.87. The van der Waals surface area contributed by atoms with Gasteiger partial charge in [-0.15, -0.1) is 10.2 Å². The Kier molecular flexibility index (Phi) is 6.68. The minimum absolute atomic E-state index is 0.132. The number of rotatable bonds is 7. The molecule has 0 bridgehead atoms. The maximum Gasteiger partial charge on any atom is 0.407 e. The molecule has 0 radical (unpaired) electrons. The fourth-order valence-electron chi connectivity index (χ4n) is 2.26. The van der Waals surface area contributed by atoms with Crippen molar-refractivity contribution < 1.29 is 9.53 Å². The zero-order valence-corrected chi connectivity index (χ0v) is 15.2. The molecule has 0 saturated carbocycles. The summed E-state index contributed by atoms with van der Waals surface area (Å²) in [4.78, 5) is 16.0. The summed E-state index contributed by atoms with van der Waals surface area (Å²) in [7, 11) is 0. The predicted molar refractivity (Wildman–Crippen MR) is 96.8 cm³/mol. The molecular weight excluding hydrogens is 318 g/mol. The topological polar surface area (TPSA) is 89.0 Å². The summed E-state index contributed by atoms with van der Waals surface area (Å²) in [5.41, 5.74) is 3.73. The Balaban J connectivity index is 1.95. The number of aromatic nitrogens is 3. The Morgan fingerprint density at radius 2 is 1.76 bits per heavy atom. The summed E-state index contributed by atoms with van der Waals surface area (Å²) in [6.07, 6.45) is 1.10. The number of hydrogen-bond donors (Lipinski definition) is 2. The van der Waals surface area contributed by atoms with E-state index in [0.717, 1.165) is 35.5 Å². The maximum atomic E-state index is 11.5. The number of nitrogens with one attached hydrogen (secondary N) is 2. The Morgan fingerprint density at radius 1 is 1.08 bits per heavy atom. The highest BCUT2D eigenvalue weighted by Crippen LogP contribution is 2.15. The highest BCUT2D eigenvalue weighted by atomic mass is 16.6. The van der Waals surface area contributed by atoms with Crippen LogP contribution in [0.25, 0.3) is 0 Å². The van der Waals surface area contributed by atoms with Crippen molar-refractivity contribution in [3.05, 3.63) is 41.2 Å². The molecule has 2 rings (SSSR count). The third kappa shape index (κ3) is 5.70. The third-order valence-electron chi connectivity index (χ3n) is 3.50. The molecule has 25 heavy (non-hydrogen) atoms. The van der Waals surface area contributed by atoms with Crippen molar-refractivity contribution in [3.8, 4) is 0 Å². The van der Waals surface area contributed by atoms with Gasteiger partial charge < -0.3 is 15.4 Å². The molecule has 0 atom stereocenters. The van der Waals surface area contributed by atoms with Gasteiger partial charge in [0.2, 0.25) is 5.95 Å². The Morgan fingerprint density at radius 3 is 2.36 bits per heavy atom. The second-order valence-corrected chi connectivity index (χ2v) is 5.87. The van der Waals surface area contributed by atoms with E-state index in [1.807, 2.05) is 45.0 Å². The van der Waals surface area contributed by atoms with E-state index in [4.69, 9.17) is 4.74 Å². The average Bonchev–Trinajstić information content (AvgIpc) is 2.60. The molecule has 1 aromatic carbocycles. The highest BCUT2D eigenvalue weighted by molar-refractivity contribution is 5.67. The van der Waals surface area contributed by atoms with Gasteiger partial charge in [-0.05, 0) is 44.4 Å². The molecule has 1 amide bonds. The number of amides is 1. The van der Waals surface area contributed by atoms with Crippen LogP contribution >= 0.6 is 0 Å². The molecule has 1 aromatic heterocycles. The van der Waals surface area contributed by atoms with Crippen molar-refractivity contribution in [2.75, 3.05) is 5.32 Å². The van der Waals surface area contributed by atoms with Gasteiger partial charge in [0.1, 0.15) is 0 Å². The van der Waals surface area contributed by atoms with Gasteiger partial charge in [-0.3, -0.25) is 0 Å². The minimum Gasteiger partial charge on any atom is -0.447 e. The van der Waals surface area contributed by atoms with Crippen molar-refractivity contribution in [1.29, 1.82) is 0 Å². The lowest BCUT2D eigenvalue weighted by atomic mass is 10.2. The van der Waals surface area contributed by atoms with Crippen molar-refractivity contribution in [2.24, 2.45) is 0 Å². The van der Waals surface area contributed by atoms with Crippen molar-refractivity contribution in [2.45, 2.75) is 53.2 Å². The van der Waals surface area contributed by atoms with Gasteiger partial charge in [-0.2, -0.15) is 0 Å². The van der Waals surface area contributed by atoms with Crippen LogP contribution in [0.5, 0.6) is 0 Å². The number of anilines is 2. The lowest BCUT2D eigenvalue weighted by molar-refractivity contribution is 0.115. The van der Waals surface area contributed by atoms with Crippen LogP contribution in [0, 0.1) is 0 Å². The normalized spacial score (nSPS) is 10.6. The number of nitrogens with zero attached hydrogens (tertiary/aromatic N) is 3. The van der Waals surface area contributed by atoms with Crippen LogP contribution in [0.2, 0.25) is 0 Å². The van der Waals surface area contributed by atoms with Gasteiger partial charge in [-0.25, -0.2) is 9.78 Å². The summed E-state index contributed by atoms with van der Waals surface area (Å²) >= 11 is 0. The zero-order valence-electron chi connectivity index (χ0n) is 15.2. The van der Waals surface area contributed by atoms with Crippen LogP contribution in [0.3, 0.4) is 0 Å². The van der Waals surface area contributed by atoms with Crippen molar-refractivity contribution in [1.82, 2.24) is 20.5 Å². The number of alkyl carbamates (subject to hydrolysis) is 1. The maximum absolute atomic E-state index is 11.5. The molecule has 0 unspecified atom stereocenters. The van der Waals surface area contributed by atoms with E-state index < -0.39 is 6.09 Å². The zero-order chi connectivity index (χ0) is 18.2. The minimum atomic E-state index is -0.417. The lowest BCUT2D eigenvalue weighted by Gasteiger charge is -2.10. The fourth-order valence-corrected chi connectivity index (χ4v) is 2.26. The monoisotopic (exact) mass is 343 g/mol. The van der Waals surface area contributed by atoms with Gasteiger partial charge >= 0.3 is 6.09 Å². The quantitative estimate of drug-likeness (QED) is 0.801. The number of benzene rings is 1. The average molecular weight is 343 g/mol. The fraction of sp³-hybridized carbons (Fsp3) is 0.444. The highest BCUT2D eigenvalue weighted by Gasteiger charge is 2.07. The van der Waals surface area contributed by atoms with Gasteiger partial charge in [0.25, 0.3) is 0 Å². The number of ether oxygens (including phenoxy) is 1. The number of carbonyl (C=O) groups excluding carboxylic acids is 1. The molecule has 2 aromatic rings. The van der Waals surface area contributed by atoms with Crippen molar-refractivity contribution in [3.63, 3.8) is 0 Å². The van der Waals surface area contributed by atoms with Crippen LogP contribution in [0.4, 0.5) is 16.4 Å². The van der Waals surface area contributed by atoms with E-state index in [1.54, 1.807) is 0 Å². The van der Waals surface area contributed by atoms with E-state index in [-0.39, 0.29) is 6.10 Å². The summed E-state index contributed by atoms with van der Waals surface area (Å²) in [5, 5.41) is 14.2. The Bertz CT molecular complexity index is 701. The molecular formula is C18H25N5O2. The van der Waals surface area contributed by atoms with E-state index in [9.17, 15) is 4.79 Å². The Hall–Kier alpha value is -2.70. The van der Waals surface area contributed by atoms with E-state index in [2.05, 4.69) is 32.7 Å². The van der Waals surface area contributed by atoms with Gasteiger partial charge in [0.15, 0.2) is 0 Å². The molecule has 134 valence electrons. The summed E-state index contributed by atoms with van der Waals surface area (Å²) in [6, 6.07) is 7.67. The van der Waals surface area contributed by atoms with Gasteiger partial charge in [-0.1, -0.05) is 26.0 Å².